The van der Waals surface area contributed by atoms with Gasteiger partial charge >= 0.3 is 0 Å². The highest BCUT2D eigenvalue weighted by molar-refractivity contribution is 7.22. The van der Waals surface area contributed by atoms with E-state index in [9.17, 15) is 4.79 Å². The average Bonchev–Trinajstić information content (AvgIpc) is 3.24. The van der Waals surface area contributed by atoms with Crippen molar-refractivity contribution in [3.8, 4) is 11.5 Å². The van der Waals surface area contributed by atoms with Crippen LogP contribution in [0.5, 0.6) is 11.5 Å². The van der Waals surface area contributed by atoms with Gasteiger partial charge in [0.2, 0.25) is 0 Å². The Labute approximate surface area is 187 Å². The van der Waals surface area contributed by atoms with E-state index in [1.54, 1.807) is 31.3 Å². The van der Waals surface area contributed by atoms with Gasteiger partial charge in [0, 0.05) is 19.2 Å². The second kappa shape index (κ2) is 10.9. The Kier molecular flexibility index (Phi) is 8.03. The maximum atomic E-state index is 13.2. The van der Waals surface area contributed by atoms with Crippen molar-refractivity contribution in [2.24, 2.45) is 0 Å². The van der Waals surface area contributed by atoms with E-state index in [-0.39, 0.29) is 5.91 Å². The van der Waals surface area contributed by atoms with Crippen molar-refractivity contribution < 1.29 is 14.3 Å². The average molecular weight is 440 g/mol. The molecular formula is C24H29N3O3S. The Morgan fingerprint density at radius 2 is 1.77 bits per heavy atom. The molecule has 0 radical (unpaired) electrons. The van der Waals surface area contributed by atoms with Crippen molar-refractivity contribution in [2.45, 2.75) is 13.8 Å². The number of rotatable bonds is 10. The van der Waals surface area contributed by atoms with Crippen molar-refractivity contribution >= 4 is 38.7 Å². The number of hydrogen-bond acceptors (Lipinski definition) is 6. The molecule has 0 bridgehead atoms. The molecule has 3 aromatic rings. The number of para-hydroxylation sites is 1. The lowest BCUT2D eigenvalue weighted by Crippen LogP contribution is -2.38. The number of benzene rings is 2. The lowest BCUT2D eigenvalue weighted by molar-refractivity contribution is -0.114. The first-order valence-corrected chi connectivity index (χ1v) is 11.2. The second-order valence-electron chi connectivity index (χ2n) is 6.93. The van der Waals surface area contributed by atoms with Crippen LogP contribution in [-0.2, 0) is 4.79 Å². The van der Waals surface area contributed by atoms with E-state index < -0.39 is 0 Å². The summed E-state index contributed by atoms with van der Waals surface area (Å²) in [6, 6.07) is 13.5. The summed E-state index contributed by atoms with van der Waals surface area (Å²) in [4.78, 5) is 22.0. The first-order valence-electron chi connectivity index (χ1n) is 10.4. The summed E-state index contributed by atoms with van der Waals surface area (Å²) >= 11 is 1.54. The largest absolute Gasteiger partial charge is 0.493 e. The van der Waals surface area contributed by atoms with Crippen LogP contribution in [0.3, 0.4) is 0 Å². The molecule has 0 fully saturated rings. The highest BCUT2D eigenvalue weighted by Gasteiger charge is 2.18. The first-order chi connectivity index (χ1) is 15.1. The normalized spacial score (nSPS) is 11.4. The van der Waals surface area contributed by atoms with E-state index in [0.717, 1.165) is 40.5 Å². The fourth-order valence-corrected chi connectivity index (χ4v) is 4.27. The van der Waals surface area contributed by atoms with E-state index in [1.165, 1.54) is 11.3 Å². The van der Waals surface area contributed by atoms with Gasteiger partial charge in [-0.25, -0.2) is 4.98 Å². The molecule has 0 atom stereocenters. The molecule has 1 amide bonds. The number of fused-ring (bicyclic) bond motifs is 1. The number of carbonyl (C=O) groups is 1. The van der Waals surface area contributed by atoms with Gasteiger partial charge in [-0.05, 0) is 49.0 Å². The summed E-state index contributed by atoms with van der Waals surface area (Å²) < 4.78 is 11.7. The standard InChI is InChI=1S/C24H29N3O3S/c1-5-26(6-2)15-16-27(24-25-19-9-7-8-10-22(19)31-24)23(28)14-12-18-11-13-20(29-3)21(17-18)30-4/h7-14,17H,5-6,15-16H2,1-4H3/b14-12+. The highest BCUT2D eigenvalue weighted by Crippen LogP contribution is 2.30. The number of ether oxygens (including phenoxy) is 2. The molecule has 7 heteroatoms. The number of methoxy groups -OCH3 is 2. The number of hydrogen-bond donors (Lipinski definition) is 0. The molecule has 2 aromatic carbocycles. The van der Waals surface area contributed by atoms with Crippen LogP contribution in [0.25, 0.3) is 16.3 Å². The van der Waals surface area contributed by atoms with Crippen LogP contribution in [0.1, 0.15) is 19.4 Å². The molecule has 0 saturated heterocycles. The molecule has 164 valence electrons. The van der Waals surface area contributed by atoms with Crippen LogP contribution in [0, 0.1) is 0 Å². The predicted octanol–water partition coefficient (Wildman–Crippen LogP) is 4.70. The zero-order valence-corrected chi connectivity index (χ0v) is 19.3. The van der Waals surface area contributed by atoms with Crippen LogP contribution in [0.2, 0.25) is 0 Å². The summed E-state index contributed by atoms with van der Waals surface area (Å²) in [5, 5.41) is 0.718. The highest BCUT2D eigenvalue weighted by atomic mass is 32.1. The molecule has 0 spiro atoms. The van der Waals surface area contributed by atoms with Gasteiger partial charge < -0.3 is 14.4 Å². The predicted molar refractivity (Wildman–Crippen MR) is 128 cm³/mol. The van der Waals surface area contributed by atoms with Crippen molar-refractivity contribution in [1.29, 1.82) is 0 Å². The Morgan fingerprint density at radius 1 is 1.03 bits per heavy atom. The number of aromatic nitrogens is 1. The number of nitrogens with zero attached hydrogens (tertiary/aromatic N) is 3. The van der Waals surface area contributed by atoms with E-state index in [4.69, 9.17) is 14.5 Å². The fraction of sp³-hybridized carbons (Fsp3) is 0.333. The molecule has 1 heterocycles. The van der Waals surface area contributed by atoms with Gasteiger partial charge in [0.15, 0.2) is 16.6 Å². The Hall–Kier alpha value is -2.90. The number of thiazole rings is 1. The monoisotopic (exact) mass is 439 g/mol. The quantitative estimate of drug-likeness (QED) is 0.429. The maximum Gasteiger partial charge on any atom is 0.252 e. The zero-order valence-electron chi connectivity index (χ0n) is 18.5. The van der Waals surface area contributed by atoms with Gasteiger partial charge in [-0.1, -0.05) is 43.4 Å². The lowest BCUT2D eigenvalue weighted by Gasteiger charge is -2.23. The van der Waals surface area contributed by atoms with E-state index in [2.05, 4.69) is 18.7 Å². The minimum atomic E-state index is -0.0963. The summed E-state index contributed by atoms with van der Waals surface area (Å²) in [7, 11) is 3.20. The van der Waals surface area contributed by atoms with Crippen LogP contribution in [-0.4, -0.2) is 56.2 Å². The van der Waals surface area contributed by atoms with Crippen molar-refractivity contribution in [3.05, 3.63) is 54.1 Å². The molecule has 0 unspecified atom stereocenters. The van der Waals surface area contributed by atoms with E-state index >= 15 is 0 Å². The van der Waals surface area contributed by atoms with E-state index in [0.29, 0.717) is 18.0 Å². The summed E-state index contributed by atoms with van der Waals surface area (Å²) in [6.07, 6.45) is 3.39. The van der Waals surface area contributed by atoms with Gasteiger partial charge in [0.1, 0.15) is 0 Å². The minimum Gasteiger partial charge on any atom is -0.493 e. The van der Waals surface area contributed by atoms with Gasteiger partial charge in [-0.15, -0.1) is 0 Å². The third-order valence-corrected chi connectivity index (χ3v) is 6.20. The summed E-state index contributed by atoms with van der Waals surface area (Å²) in [6.45, 7) is 7.52. The molecule has 31 heavy (non-hydrogen) atoms. The summed E-state index contributed by atoms with van der Waals surface area (Å²) in [5.41, 5.74) is 1.77. The number of amides is 1. The van der Waals surface area contributed by atoms with Crippen molar-refractivity contribution in [2.75, 3.05) is 45.3 Å². The van der Waals surface area contributed by atoms with Crippen LogP contribution >= 0.6 is 11.3 Å². The third kappa shape index (κ3) is 5.62. The molecule has 0 aliphatic carbocycles. The van der Waals surface area contributed by atoms with Crippen LogP contribution in [0.4, 0.5) is 5.13 Å². The van der Waals surface area contributed by atoms with Gasteiger partial charge in [-0.2, -0.15) is 0 Å². The molecule has 6 nitrogen and oxygen atoms in total. The molecule has 0 aliphatic heterocycles. The zero-order chi connectivity index (χ0) is 22.2. The van der Waals surface area contributed by atoms with Crippen LogP contribution < -0.4 is 14.4 Å². The Morgan fingerprint density at radius 3 is 2.45 bits per heavy atom. The Balaban J connectivity index is 1.85. The molecule has 0 saturated carbocycles. The number of likely N-dealkylation sites (N-methyl/N-ethyl adjacent to an activating group) is 1. The fourth-order valence-electron chi connectivity index (χ4n) is 3.27. The topological polar surface area (TPSA) is 54.9 Å². The van der Waals surface area contributed by atoms with Crippen molar-refractivity contribution in [1.82, 2.24) is 9.88 Å². The summed E-state index contributed by atoms with van der Waals surface area (Å²) in [5.74, 6) is 1.18. The maximum absolute atomic E-state index is 13.2. The van der Waals surface area contributed by atoms with E-state index in [1.807, 2.05) is 42.5 Å². The molecule has 1 aromatic heterocycles. The van der Waals surface area contributed by atoms with Gasteiger partial charge in [0.25, 0.3) is 5.91 Å². The molecule has 3 rings (SSSR count). The number of anilines is 1. The second-order valence-corrected chi connectivity index (χ2v) is 7.94. The SMILES string of the molecule is CCN(CC)CCN(C(=O)/C=C/c1ccc(OC)c(OC)c1)c1nc2ccccc2s1. The van der Waals surface area contributed by atoms with Gasteiger partial charge in [-0.3, -0.25) is 9.69 Å². The lowest BCUT2D eigenvalue weighted by atomic mass is 10.2. The molecular weight excluding hydrogens is 410 g/mol. The third-order valence-electron chi connectivity index (χ3n) is 5.14. The van der Waals surface area contributed by atoms with Gasteiger partial charge in [0.05, 0.1) is 24.4 Å². The minimum absolute atomic E-state index is 0.0963. The first kappa shape index (κ1) is 22.8. The molecule has 0 aliphatic rings. The van der Waals surface area contributed by atoms with Crippen LogP contribution in [0.15, 0.2) is 48.5 Å². The number of carbonyl (C=O) groups excluding carboxylic acids is 1. The Bertz CT molecular complexity index is 1010. The molecule has 0 N–H and O–H groups in total. The smallest absolute Gasteiger partial charge is 0.252 e. The van der Waals surface area contributed by atoms with Crippen molar-refractivity contribution in [3.63, 3.8) is 0 Å².